The largest absolute Gasteiger partial charge is 0.462 e. The Labute approximate surface area is 209 Å². The van der Waals surface area contributed by atoms with Crippen LogP contribution in [0.1, 0.15) is 40.4 Å². The van der Waals surface area contributed by atoms with Crippen molar-refractivity contribution in [1.29, 1.82) is 0 Å². The number of benzene rings is 2. The lowest BCUT2D eigenvalue weighted by atomic mass is 10.2. The second kappa shape index (κ2) is 12.3. The highest BCUT2D eigenvalue weighted by Crippen LogP contribution is 2.19. The van der Waals surface area contributed by atoms with Gasteiger partial charge in [0.2, 0.25) is 5.91 Å². The highest BCUT2D eigenvalue weighted by molar-refractivity contribution is 9.10. The molecule has 0 saturated carbocycles. The maximum absolute atomic E-state index is 12.5. The molecule has 0 fully saturated rings. The number of thioether (sulfide) groups is 1. The molecule has 0 aliphatic carbocycles. The van der Waals surface area contributed by atoms with Gasteiger partial charge < -0.3 is 19.9 Å². The summed E-state index contributed by atoms with van der Waals surface area (Å²) in [7, 11) is 0. The molecule has 0 aliphatic heterocycles. The average Bonchev–Trinajstić information content (AvgIpc) is 3.23. The molecule has 2 amide bonds. The summed E-state index contributed by atoms with van der Waals surface area (Å²) in [6.45, 7) is 4.73. The number of ether oxygens (including phenoxy) is 1. The van der Waals surface area contributed by atoms with Gasteiger partial charge >= 0.3 is 5.97 Å². The summed E-state index contributed by atoms with van der Waals surface area (Å²) in [4.78, 5) is 36.8. The van der Waals surface area contributed by atoms with Gasteiger partial charge in [0.05, 0.1) is 30.0 Å². The highest BCUT2D eigenvalue weighted by atomic mass is 79.9. The molecule has 0 saturated heterocycles. The van der Waals surface area contributed by atoms with Gasteiger partial charge in [-0.2, -0.15) is 0 Å². The van der Waals surface area contributed by atoms with Gasteiger partial charge in [-0.3, -0.25) is 9.59 Å². The van der Waals surface area contributed by atoms with Crippen molar-refractivity contribution in [1.82, 2.24) is 20.1 Å². The SMILES string of the molecule is CCOC(=O)c1cccc(NC(=O)CSc2nnc(CNC(=O)c3ccccc3Br)n2CC)c1. The Morgan fingerprint density at radius 3 is 2.62 bits per heavy atom. The standard InChI is InChI=1S/C23H24BrN5O4S/c1-3-29-19(13-25-21(31)17-10-5-6-11-18(17)24)27-28-23(29)34-14-20(30)26-16-9-7-8-15(12-16)22(32)33-4-2/h5-12H,3-4,13-14H2,1-2H3,(H,25,31)(H,26,30). The van der Waals surface area contributed by atoms with Crippen molar-refractivity contribution >= 4 is 51.2 Å². The number of hydrogen-bond donors (Lipinski definition) is 2. The zero-order valence-electron chi connectivity index (χ0n) is 18.7. The lowest BCUT2D eigenvalue weighted by Crippen LogP contribution is -2.25. The Bertz CT molecular complexity index is 1180. The van der Waals surface area contributed by atoms with Crippen LogP contribution in [0.15, 0.2) is 58.2 Å². The van der Waals surface area contributed by atoms with Crippen LogP contribution in [-0.4, -0.2) is 44.9 Å². The van der Waals surface area contributed by atoms with E-state index in [2.05, 4.69) is 36.8 Å². The summed E-state index contributed by atoms with van der Waals surface area (Å²) in [6, 6.07) is 13.7. The number of amides is 2. The highest BCUT2D eigenvalue weighted by Gasteiger charge is 2.16. The number of nitrogens with one attached hydrogen (secondary N) is 2. The summed E-state index contributed by atoms with van der Waals surface area (Å²) in [5.41, 5.74) is 1.40. The zero-order chi connectivity index (χ0) is 24.5. The van der Waals surface area contributed by atoms with Crippen molar-refractivity contribution in [2.75, 3.05) is 17.7 Å². The number of anilines is 1. The monoisotopic (exact) mass is 545 g/mol. The molecule has 3 aromatic rings. The minimum Gasteiger partial charge on any atom is -0.462 e. The van der Waals surface area contributed by atoms with Crippen LogP contribution >= 0.6 is 27.7 Å². The first kappa shape index (κ1) is 25.4. The third-order valence-electron chi connectivity index (χ3n) is 4.63. The van der Waals surface area contributed by atoms with E-state index < -0.39 is 5.97 Å². The predicted molar refractivity (Wildman–Crippen MR) is 133 cm³/mol. The molecule has 11 heteroatoms. The number of carbonyl (C=O) groups is 3. The second-order valence-corrected chi connectivity index (χ2v) is 8.74. The second-order valence-electron chi connectivity index (χ2n) is 6.94. The van der Waals surface area contributed by atoms with E-state index in [9.17, 15) is 14.4 Å². The number of halogens is 1. The van der Waals surface area contributed by atoms with Crippen LogP contribution in [-0.2, 0) is 22.6 Å². The number of esters is 1. The molecule has 0 spiro atoms. The van der Waals surface area contributed by atoms with E-state index in [-0.39, 0.29) is 30.7 Å². The van der Waals surface area contributed by atoms with Crippen molar-refractivity contribution in [2.45, 2.75) is 32.1 Å². The first-order valence-electron chi connectivity index (χ1n) is 10.6. The number of carbonyl (C=O) groups excluding carboxylic acids is 3. The van der Waals surface area contributed by atoms with Crippen LogP contribution in [0.25, 0.3) is 0 Å². The number of rotatable bonds is 10. The minimum atomic E-state index is -0.441. The molecule has 2 aromatic carbocycles. The van der Waals surface area contributed by atoms with E-state index in [0.717, 1.165) is 0 Å². The van der Waals surface area contributed by atoms with E-state index in [1.165, 1.54) is 11.8 Å². The molecule has 3 rings (SSSR count). The average molecular weight is 546 g/mol. The predicted octanol–water partition coefficient (Wildman–Crippen LogP) is 3.90. The quantitative estimate of drug-likeness (QED) is 0.293. The van der Waals surface area contributed by atoms with Crippen LogP contribution in [0.5, 0.6) is 0 Å². The summed E-state index contributed by atoms with van der Waals surface area (Å²) in [6.07, 6.45) is 0. The van der Waals surface area contributed by atoms with Crippen molar-refractivity contribution in [3.05, 3.63) is 70.0 Å². The molecule has 0 atom stereocenters. The summed E-state index contributed by atoms with van der Waals surface area (Å²) < 4.78 is 7.54. The van der Waals surface area contributed by atoms with Gasteiger partial charge in [-0.15, -0.1) is 10.2 Å². The number of nitrogens with zero attached hydrogens (tertiary/aromatic N) is 3. The van der Waals surface area contributed by atoms with Crippen LogP contribution in [0.3, 0.4) is 0 Å². The van der Waals surface area contributed by atoms with Crippen molar-refractivity contribution < 1.29 is 19.1 Å². The number of aromatic nitrogens is 3. The van der Waals surface area contributed by atoms with Crippen LogP contribution in [0, 0.1) is 0 Å². The third-order valence-corrected chi connectivity index (χ3v) is 6.28. The summed E-state index contributed by atoms with van der Waals surface area (Å²) in [5.74, 6) is -0.223. The lowest BCUT2D eigenvalue weighted by Gasteiger charge is -2.10. The third kappa shape index (κ3) is 6.67. The summed E-state index contributed by atoms with van der Waals surface area (Å²) >= 11 is 4.61. The molecule has 34 heavy (non-hydrogen) atoms. The first-order chi connectivity index (χ1) is 16.4. The van der Waals surface area contributed by atoms with Gasteiger partial charge in [-0.1, -0.05) is 30.0 Å². The van der Waals surface area contributed by atoms with Gasteiger partial charge in [0.1, 0.15) is 0 Å². The van der Waals surface area contributed by atoms with Gasteiger partial charge in [0, 0.05) is 16.7 Å². The molecule has 1 heterocycles. The lowest BCUT2D eigenvalue weighted by molar-refractivity contribution is -0.113. The molecule has 0 aliphatic rings. The molecular weight excluding hydrogens is 522 g/mol. The van der Waals surface area contributed by atoms with Gasteiger partial charge in [0.15, 0.2) is 11.0 Å². The van der Waals surface area contributed by atoms with E-state index >= 15 is 0 Å². The topological polar surface area (TPSA) is 115 Å². The van der Waals surface area contributed by atoms with Crippen LogP contribution in [0.2, 0.25) is 0 Å². The Hall–Kier alpha value is -3.18. The van der Waals surface area contributed by atoms with Gasteiger partial charge in [-0.05, 0) is 60.1 Å². The van der Waals surface area contributed by atoms with Gasteiger partial charge in [0.25, 0.3) is 5.91 Å². The molecule has 0 unspecified atom stereocenters. The van der Waals surface area contributed by atoms with E-state index in [4.69, 9.17) is 4.74 Å². The minimum absolute atomic E-state index is 0.102. The molecule has 0 radical (unpaired) electrons. The van der Waals surface area contributed by atoms with E-state index in [1.807, 2.05) is 17.6 Å². The Morgan fingerprint density at radius 2 is 1.88 bits per heavy atom. The molecule has 2 N–H and O–H groups in total. The van der Waals surface area contributed by atoms with Gasteiger partial charge in [-0.25, -0.2) is 4.79 Å². The fraction of sp³-hybridized carbons (Fsp3) is 0.261. The van der Waals surface area contributed by atoms with Crippen molar-refractivity contribution in [2.24, 2.45) is 0 Å². The maximum Gasteiger partial charge on any atom is 0.338 e. The first-order valence-corrected chi connectivity index (χ1v) is 12.3. The van der Waals surface area contributed by atoms with E-state index in [1.54, 1.807) is 49.4 Å². The van der Waals surface area contributed by atoms with E-state index in [0.29, 0.717) is 38.8 Å². The molecule has 0 bridgehead atoms. The summed E-state index contributed by atoms with van der Waals surface area (Å²) in [5, 5.41) is 14.5. The fourth-order valence-corrected chi connectivity index (χ4v) is 4.33. The Balaban J connectivity index is 1.57. The van der Waals surface area contributed by atoms with Crippen LogP contribution < -0.4 is 10.6 Å². The smallest absolute Gasteiger partial charge is 0.338 e. The molecule has 9 nitrogen and oxygen atoms in total. The molecule has 178 valence electrons. The normalized spacial score (nSPS) is 10.6. The van der Waals surface area contributed by atoms with Crippen molar-refractivity contribution in [3.8, 4) is 0 Å². The molecular formula is C23H24BrN5O4S. The zero-order valence-corrected chi connectivity index (χ0v) is 21.1. The Morgan fingerprint density at radius 1 is 1.09 bits per heavy atom. The van der Waals surface area contributed by atoms with Crippen LogP contribution in [0.4, 0.5) is 5.69 Å². The fourth-order valence-electron chi connectivity index (χ4n) is 3.04. The molecule has 1 aromatic heterocycles. The van der Waals surface area contributed by atoms with Crippen molar-refractivity contribution in [3.63, 3.8) is 0 Å². The Kier molecular flexibility index (Phi) is 9.23. The maximum atomic E-state index is 12.5. The number of hydrogen-bond acceptors (Lipinski definition) is 7.